The molecule has 0 radical (unpaired) electrons. The van der Waals surface area contributed by atoms with Crippen molar-refractivity contribution >= 4 is 0 Å². The second-order valence-electron chi connectivity index (χ2n) is 4.40. The smallest absolute Gasteiger partial charge is 0.0746 e. The highest BCUT2D eigenvalue weighted by Gasteiger charge is 2.15. The van der Waals surface area contributed by atoms with Gasteiger partial charge in [-0.2, -0.15) is 5.10 Å². The van der Waals surface area contributed by atoms with E-state index in [2.05, 4.69) is 10.4 Å². The fourth-order valence-electron chi connectivity index (χ4n) is 1.30. The fourth-order valence-corrected chi connectivity index (χ4v) is 1.30. The molecule has 1 aromatic heterocycles. The first kappa shape index (κ1) is 13.2. The number of aliphatic hydroxyl groups is 1. The normalized spacial score (nSPS) is 12.0. The molecule has 0 aromatic carbocycles. The van der Waals surface area contributed by atoms with Crippen LogP contribution in [0.2, 0.25) is 0 Å². The van der Waals surface area contributed by atoms with Gasteiger partial charge < -0.3 is 15.2 Å². The number of methoxy groups -OCH3 is 1. The summed E-state index contributed by atoms with van der Waals surface area (Å²) in [7, 11) is 1.71. The molecule has 0 amide bonds. The summed E-state index contributed by atoms with van der Waals surface area (Å²) in [5, 5.41) is 16.2. The third kappa shape index (κ3) is 4.30. The van der Waals surface area contributed by atoms with Gasteiger partial charge in [-0.15, -0.1) is 0 Å². The lowest BCUT2D eigenvalue weighted by atomic mass is 10.1. The Hall–Kier alpha value is -0.910. The molecule has 5 nitrogen and oxygen atoms in total. The molecule has 0 aliphatic rings. The van der Waals surface area contributed by atoms with Crippen LogP contribution >= 0.6 is 0 Å². The number of nitrogens with one attached hydrogen (secondary N) is 1. The summed E-state index contributed by atoms with van der Waals surface area (Å²) < 4.78 is 7.04. The summed E-state index contributed by atoms with van der Waals surface area (Å²) in [6.07, 6.45) is 3.74. The van der Waals surface area contributed by atoms with Gasteiger partial charge in [0, 0.05) is 32.0 Å². The molecule has 0 bridgehead atoms. The van der Waals surface area contributed by atoms with Crippen molar-refractivity contribution in [3.63, 3.8) is 0 Å². The van der Waals surface area contributed by atoms with Gasteiger partial charge in [-0.3, -0.25) is 4.68 Å². The summed E-state index contributed by atoms with van der Waals surface area (Å²) in [4.78, 5) is 0. The minimum atomic E-state index is -0.152. The molecule has 1 aromatic rings. The largest absolute Gasteiger partial charge is 0.394 e. The van der Waals surface area contributed by atoms with E-state index in [1.807, 2.05) is 26.2 Å². The van der Waals surface area contributed by atoms with Crippen LogP contribution in [-0.4, -0.2) is 40.7 Å². The second-order valence-corrected chi connectivity index (χ2v) is 4.40. The van der Waals surface area contributed by atoms with E-state index in [4.69, 9.17) is 9.84 Å². The van der Waals surface area contributed by atoms with E-state index in [0.29, 0.717) is 6.54 Å². The average Bonchev–Trinajstić information content (AvgIpc) is 2.66. The highest BCUT2D eigenvalue weighted by molar-refractivity contribution is 5.03. The van der Waals surface area contributed by atoms with Gasteiger partial charge in [0.15, 0.2) is 0 Å². The van der Waals surface area contributed by atoms with E-state index in [9.17, 15) is 0 Å². The molecule has 0 spiro atoms. The Bertz CT molecular complexity index is 310. The molecule has 5 heteroatoms. The van der Waals surface area contributed by atoms with Crippen molar-refractivity contribution in [3.8, 4) is 0 Å². The maximum Gasteiger partial charge on any atom is 0.0746 e. The number of aliphatic hydroxyl groups excluding tert-OH is 1. The average molecular weight is 227 g/mol. The molecule has 0 unspecified atom stereocenters. The molecule has 0 atom stereocenters. The molecule has 0 fully saturated rings. The number of aromatic nitrogens is 2. The molecule has 92 valence electrons. The third-order valence-electron chi connectivity index (χ3n) is 2.45. The van der Waals surface area contributed by atoms with Crippen LogP contribution in [0, 0.1) is 0 Å². The number of hydrogen-bond acceptors (Lipinski definition) is 4. The Morgan fingerprint density at radius 2 is 2.31 bits per heavy atom. The van der Waals surface area contributed by atoms with E-state index >= 15 is 0 Å². The summed E-state index contributed by atoms with van der Waals surface area (Å²) >= 11 is 0. The van der Waals surface area contributed by atoms with Gasteiger partial charge in [-0.25, -0.2) is 0 Å². The molecule has 1 heterocycles. The molecule has 2 N–H and O–H groups in total. The highest BCUT2D eigenvalue weighted by atomic mass is 16.5. The van der Waals surface area contributed by atoms with Crippen molar-refractivity contribution in [2.24, 2.45) is 0 Å². The monoisotopic (exact) mass is 227 g/mol. The van der Waals surface area contributed by atoms with Crippen LogP contribution in [-0.2, 0) is 17.8 Å². The molecule has 1 rings (SSSR count). The third-order valence-corrected chi connectivity index (χ3v) is 2.45. The van der Waals surface area contributed by atoms with Gasteiger partial charge in [-0.05, 0) is 13.8 Å². The Balaban J connectivity index is 2.31. The van der Waals surface area contributed by atoms with Crippen LogP contribution in [0.1, 0.15) is 19.4 Å². The Labute approximate surface area is 96.4 Å². The summed E-state index contributed by atoms with van der Waals surface area (Å²) in [5.41, 5.74) is 0.960. The first-order chi connectivity index (χ1) is 7.57. The molecular weight excluding hydrogens is 206 g/mol. The predicted octanol–water partition coefficient (Wildman–Crippen LogP) is 0.390. The summed E-state index contributed by atoms with van der Waals surface area (Å²) in [5.74, 6) is 0. The standard InChI is InChI=1S/C11H21N3O2/c1-11(2,16-3)9-12-6-10-7-13-14(8-10)4-5-15/h7-8,12,15H,4-6,9H2,1-3H3. The van der Waals surface area contributed by atoms with Crippen LogP contribution in [0.5, 0.6) is 0 Å². The number of ether oxygens (including phenoxy) is 1. The van der Waals surface area contributed by atoms with Gasteiger partial charge in [0.25, 0.3) is 0 Å². The van der Waals surface area contributed by atoms with Gasteiger partial charge >= 0.3 is 0 Å². The van der Waals surface area contributed by atoms with Gasteiger partial charge in [-0.1, -0.05) is 0 Å². The maximum atomic E-state index is 8.75. The molecule has 0 aliphatic heterocycles. The van der Waals surface area contributed by atoms with E-state index in [1.165, 1.54) is 0 Å². The van der Waals surface area contributed by atoms with Crippen molar-refractivity contribution in [2.75, 3.05) is 20.3 Å². The fraction of sp³-hybridized carbons (Fsp3) is 0.727. The second kappa shape index (κ2) is 5.98. The van der Waals surface area contributed by atoms with E-state index in [0.717, 1.165) is 18.7 Å². The molecule has 0 aliphatic carbocycles. The summed E-state index contributed by atoms with van der Waals surface area (Å²) in [6.45, 7) is 6.28. The van der Waals surface area contributed by atoms with Crippen LogP contribution in [0.4, 0.5) is 0 Å². The van der Waals surface area contributed by atoms with Crippen molar-refractivity contribution in [1.82, 2.24) is 15.1 Å². The first-order valence-electron chi connectivity index (χ1n) is 5.45. The zero-order chi connectivity index (χ0) is 12.0. The lowest BCUT2D eigenvalue weighted by Gasteiger charge is -2.22. The van der Waals surface area contributed by atoms with Gasteiger partial charge in [0.2, 0.25) is 0 Å². The van der Waals surface area contributed by atoms with Crippen molar-refractivity contribution < 1.29 is 9.84 Å². The van der Waals surface area contributed by atoms with Crippen LogP contribution in [0.15, 0.2) is 12.4 Å². The number of hydrogen-bond donors (Lipinski definition) is 2. The Morgan fingerprint density at radius 1 is 1.56 bits per heavy atom. The van der Waals surface area contributed by atoms with Crippen molar-refractivity contribution in [2.45, 2.75) is 32.5 Å². The quantitative estimate of drug-likeness (QED) is 0.707. The number of nitrogens with zero attached hydrogens (tertiary/aromatic N) is 2. The topological polar surface area (TPSA) is 59.3 Å². The Kier molecular flexibility index (Phi) is 4.92. The van der Waals surface area contributed by atoms with Crippen molar-refractivity contribution in [1.29, 1.82) is 0 Å². The molecule has 16 heavy (non-hydrogen) atoms. The highest BCUT2D eigenvalue weighted by Crippen LogP contribution is 2.05. The molecule has 0 saturated carbocycles. The van der Waals surface area contributed by atoms with E-state index < -0.39 is 0 Å². The van der Waals surface area contributed by atoms with Gasteiger partial charge in [0.05, 0.1) is 24.9 Å². The van der Waals surface area contributed by atoms with Gasteiger partial charge in [0.1, 0.15) is 0 Å². The number of rotatable bonds is 7. The lowest BCUT2D eigenvalue weighted by Crippen LogP contribution is -2.36. The first-order valence-corrected chi connectivity index (χ1v) is 5.45. The lowest BCUT2D eigenvalue weighted by molar-refractivity contribution is 0.0230. The zero-order valence-corrected chi connectivity index (χ0v) is 10.2. The SMILES string of the molecule is COC(C)(C)CNCc1cnn(CCO)c1. The summed E-state index contributed by atoms with van der Waals surface area (Å²) in [6, 6.07) is 0. The van der Waals surface area contributed by atoms with Crippen LogP contribution < -0.4 is 5.32 Å². The van der Waals surface area contributed by atoms with E-state index in [-0.39, 0.29) is 12.2 Å². The van der Waals surface area contributed by atoms with Crippen molar-refractivity contribution in [3.05, 3.63) is 18.0 Å². The maximum absolute atomic E-state index is 8.75. The minimum absolute atomic E-state index is 0.116. The molecular formula is C11H21N3O2. The Morgan fingerprint density at radius 3 is 2.94 bits per heavy atom. The van der Waals surface area contributed by atoms with E-state index in [1.54, 1.807) is 11.8 Å². The van der Waals surface area contributed by atoms with Crippen LogP contribution in [0.3, 0.4) is 0 Å². The minimum Gasteiger partial charge on any atom is -0.394 e. The van der Waals surface area contributed by atoms with Crippen LogP contribution in [0.25, 0.3) is 0 Å². The zero-order valence-electron chi connectivity index (χ0n) is 10.2. The molecule has 0 saturated heterocycles. The predicted molar refractivity (Wildman–Crippen MR) is 62.1 cm³/mol.